The van der Waals surface area contributed by atoms with E-state index in [0.29, 0.717) is 23.6 Å². The fourth-order valence-corrected chi connectivity index (χ4v) is 4.56. The van der Waals surface area contributed by atoms with E-state index in [1.165, 1.54) is 24.5 Å². The fourth-order valence-electron chi connectivity index (χ4n) is 4.37. The number of rotatable bonds is 7. The van der Waals surface area contributed by atoms with Gasteiger partial charge in [0.1, 0.15) is 11.6 Å². The molecule has 2 heterocycles. The molecule has 3 aromatic rings. The lowest BCUT2D eigenvalue weighted by molar-refractivity contribution is 0.615. The van der Waals surface area contributed by atoms with E-state index >= 15 is 0 Å². The molecule has 7 heteroatoms. The van der Waals surface area contributed by atoms with Gasteiger partial charge in [0.2, 0.25) is 5.95 Å². The molecule has 1 atom stereocenters. The molecule has 1 aliphatic carbocycles. The molecule has 0 saturated heterocycles. The predicted octanol–water partition coefficient (Wildman–Crippen LogP) is 6.14. The Kier molecular flexibility index (Phi) is 5.98. The Labute approximate surface area is 192 Å². The van der Waals surface area contributed by atoms with Gasteiger partial charge in [0.15, 0.2) is 0 Å². The number of fused-ring (bicyclic) bond motifs is 1. The Bertz CT molecular complexity index is 1170. The first-order valence-corrected chi connectivity index (χ1v) is 11.7. The first-order chi connectivity index (χ1) is 15.6. The number of aromatic nitrogens is 2. The molecule has 1 saturated carbocycles. The molecule has 2 aromatic carbocycles. The van der Waals surface area contributed by atoms with Crippen LogP contribution in [0.1, 0.15) is 38.2 Å². The molecule has 32 heavy (non-hydrogen) atoms. The van der Waals surface area contributed by atoms with Crippen LogP contribution in [-0.4, -0.2) is 29.1 Å². The minimum absolute atomic E-state index is 0.0643. The quantitative estimate of drug-likeness (QED) is 0.402. The largest absolute Gasteiger partial charge is 0.366 e. The highest BCUT2D eigenvalue weighted by Crippen LogP contribution is 2.37. The van der Waals surface area contributed by atoms with Crippen molar-refractivity contribution >= 4 is 45.5 Å². The van der Waals surface area contributed by atoms with Crippen molar-refractivity contribution in [2.24, 2.45) is 5.92 Å². The van der Waals surface area contributed by atoms with Gasteiger partial charge in [-0.05, 0) is 68.0 Å². The van der Waals surface area contributed by atoms with Crippen LogP contribution in [0.15, 0.2) is 42.5 Å². The van der Waals surface area contributed by atoms with E-state index in [4.69, 9.17) is 21.6 Å². The first-order valence-electron chi connectivity index (χ1n) is 11.3. The van der Waals surface area contributed by atoms with Gasteiger partial charge in [-0.15, -0.1) is 0 Å². The zero-order valence-corrected chi connectivity index (χ0v) is 18.8. The van der Waals surface area contributed by atoms with E-state index in [1.807, 2.05) is 0 Å². The lowest BCUT2D eigenvalue weighted by Crippen LogP contribution is -2.22. The molecular formula is C25H27ClFN5. The lowest BCUT2D eigenvalue weighted by atomic mass is 9.97. The third-order valence-corrected chi connectivity index (χ3v) is 6.55. The van der Waals surface area contributed by atoms with Gasteiger partial charge in [-0.3, -0.25) is 0 Å². The van der Waals surface area contributed by atoms with Gasteiger partial charge in [0.25, 0.3) is 0 Å². The third kappa shape index (κ3) is 4.43. The van der Waals surface area contributed by atoms with E-state index in [9.17, 15) is 4.39 Å². The molecule has 0 spiro atoms. The zero-order valence-electron chi connectivity index (χ0n) is 18.1. The highest BCUT2D eigenvalue weighted by Gasteiger charge is 2.30. The van der Waals surface area contributed by atoms with Gasteiger partial charge < -0.3 is 16.0 Å². The van der Waals surface area contributed by atoms with Crippen LogP contribution < -0.4 is 16.0 Å². The first kappa shape index (κ1) is 21.2. The second kappa shape index (κ2) is 9.04. The number of hydrogen-bond acceptors (Lipinski definition) is 5. The van der Waals surface area contributed by atoms with E-state index in [2.05, 4.69) is 47.1 Å². The van der Waals surface area contributed by atoms with Gasteiger partial charge in [0.05, 0.1) is 10.5 Å². The van der Waals surface area contributed by atoms with Gasteiger partial charge in [-0.2, -0.15) is 4.98 Å². The lowest BCUT2D eigenvalue weighted by Gasteiger charge is -2.21. The van der Waals surface area contributed by atoms with Crippen molar-refractivity contribution in [3.05, 3.63) is 58.9 Å². The summed E-state index contributed by atoms with van der Waals surface area (Å²) >= 11 is 5.98. The number of anilines is 3. The highest BCUT2D eigenvalue weighted by atomic mass is 35.5. The number of nitrogens with one attached hydrogen (secondary N) is 3. The summed E-state index contributed by atoms with van der Waals surface area (Å²) in [5, 5.41) is 11.4. The zero-order chi connectivity index (χ0) is 22.1. The average molecular weight is 452 g/mol. The molecule has 1 aromatic heterocycles. The monoisotopic (exact) mass is 451 g/mol. The minimum atomic E-state index is -0.450. The molecular weight excluding hydrogens is 425 g/mol. The molecule has 1 aliphatic heterocycles. The summed E-state index contributed by atoms with van der Waals surface area (Å²) in [7, 11) is 0. The molecule has 1 fully saturated rings. The Morgan fingerprint density at radius 2 is 2.09 bits per heavy atom. The molecule has 166 valence electrons. The molecule has 3 N–H and O–H groups in total. The number of benzene rings is 2. The van der Waals surface area contributed by atoms with Crippen molar-refractivity contribution in [3.8, 4) is 0 Å². The maximum Gasteiger partial charge on any atom is 0.229 e. The standard InChI is InChI=1S/C25H27ClFN5/c1-2-22(16-6-7-16)30-24-19-5-3-4-18(15-10-12-28-13-11-15)23(19)31-25(32-24)29-17-8-9-21(27)20(26)14-17/h3-5,8-10,14,16,22,28H,2,6-7,11-13H2,1H3,(H2,29,30,31,32). The van der Waals surface area contributed by atoms with Crippen molar-refractivity contribution in [1.82, 2.24) is 15.3 Å². The molecule has 2 aliphatic rings. The van der Waals surface area contributed by atoms with Crippen LogP contribution in [-0.2, 0) is 0 Å². The van der Waals surface area contributed by atoms with Crippen LogP contribution in [0.3, 0.4) is 0 Å². The molecule has 0 amide bonds. The Balaban J connectivity index is 1.60. The van der Waals surface area contributed by atoms with E-state index < -0.39 is 5.82 Å². The number of para-hydroxylation sites is 1. The summed E-state index contributed by atoms with van der Waals surface area (Å²) in [4.78, 5) is 9.72. The minimum Gasteiger partial charge on any atom is -0.366 e. The Morgan fingerprint density at radius 3 is 2.81 bits per heavy atom. The summed E-state index contributed by atoms with van der Waals surface area (Å²) < 4.78 is 13.6. The SMILES string of the molecule is CCC(Nc1nc(Nc2ccc(F)c(Cl)c2)nc2c(C3=CCNCC3)cccc12)C1CC1. The topological polar surface area (TPSA) is 61.9 Å². The van der Waals surface area contributed by atoms with Crippen LogP contribution in [0.2, 0.25) is 5.02 Å². The predicted molar refractivity (Wildman–Crippen MR) is 130 cm³/mol. The van der Waals surface area contributed by atoms with Crippen LogP contribution in [0, 0.1) is 11.7 Å². The van der Waals surface area contributed by atoms with Crippen molar-refractivity contribution < 1.29 is 4.39 Å². The molecule has 5 rings (SSSR count). The highest BCUT2D eigenvalue weighted by molar-refractivity contribution is 6.31. The van der Waals surface area contributed by atoms with Crippen LogP contribution >= 0.6 is 11.6 Å². The summed E-state index contributed by atoms with van der Waals surface area (Å²) in [5.41, 5.74) is 3.99. The van der Waals surface area contributed by atoms with E-state index in [1.54, 1.807) is 12.1 Å². The van der Waals surface area contributed by atoms with Crippen LogP contribution in [0.4, 0.5) is 21.8 Å². The van der Waals surface area contributed by atoms with Crippen molar-refractivity contribution in [2.75, 3.05) is 23.7 Å². The Morgan fingerprint density at radius 1 is 1.22 bits per heavy atom. The van der Waals surface area contributed by atoms with Gasteiger partial charge >= 0.3 is 0 Å². The van der Waals surface area contributed by atoms with Crippen molar-refractivity contribution in [1.29, 1.82) is 0 Å². The average Bonchev–Trinajstić information content (AvgIpc) is 3.65. The van der Waals surface area contributed by atoms with Gasteiger partial charge in [0, 0.05) is 29.2 Å². The molecule has 5 nitrogen and oxygen atoms in total. The third-order valence-electron chi connectivity index (χ3n) is 6.27. The van der Waals surface area contributed by atoms with Gasteiger partial charge in [-0.1, -0.05) is 36.7 Å². The second-order valence-corrected chi connectivity index (χ2v) is 8.94. The maximum atomic E-state index is 13.6. The van der Waals surface area contributed by atoms with Crippen molar-refractivity contribution in [3.63, 3.8) is 0 Å². The molecule has 1 unspecified atom stereocenters. The van der Waals surface area contributed by atoms with Gasteiger partial charge in [-0.25, -0.2) is 9.37 Å². The number of halogens is 2. The fraction of sp³-hybridized carbons (Fsp3) is 0.360. The second-order valence-electron chi connectivity index (χ2n) is 8.53. The summed E-state index contributed by atoms with van der Waals surface area (Å²) in [6.45, 7) is 4.03. The maximum absolute atomic E-state index is 13.6. The molecule has 0 radical (unpaired) electrons. The normalized spacial score (nSPS) is 17.2. The van der Waals surface area contributed by atoms with Crippen LogP contribution in [0.5, 0.6) is 0 Å². The number of nitrogens with zero attached hydrogens (tertiary/aromatic N) is 2. The smallest absolute Gasteiger partial charge is 0.229 e. The molecule has 0 bridgehead atoms. The summed E-state index contributed by atoms with van der Waals surface area (Å²) in [6.07, 6.45) is 6.77. The summed E-state index contributed by atoms with van der Waals surface area (Å²) in [5.74, 6) is 1.55. The number of hydrogen-bond donors (Lipinski definition) is 3. The summed E-state index contributed by atoms with van der Waals surface area (Å²) in [6, 6.07) is 11.2. The van der Waals surface area contributed by atoms with Crippen molar-refractivity contribution in [2.45, 2.75) is 38.6 Å². The van der Waals surface area contributed by atoms with Crippen LogP contribution in [0.25, 0.3) is 16.5 Å². The van der Waals surface area contributed by atoms with E-state index in [0.717, 1.165) is 48.2 Å². The Hall–Kier alpha value is -2.70. The van der Waals surface area contributed by atoms with E-state index in [-0.39, 0.29) is 5.02 Å².